The van der Waals surface area contributed by atoms with Gasteiger partial charge in [-0.1, -0.05) is 42.5 Å². The molecule has 1 aliphatic carbocycles. The Labute approximate surface area is 123 Å². The highest BCUT2D eigenvalue weighted by molar-refractivity contribution is 5.92. The molecule has 0 aromatic heterocycles. The fourth-order valence-electron chi connectivity index (χ4n) is 2.69. The van der Waals surface area contributed by atoms with Gasteiger partial charge in [0.1, 0.15) is 5.75 Å². The summed E-state index contributed by atoms with van der Waals surface area (Å²) in [6.45, 7) is 0. The van der Waals surface area contributed by atoms with E-state index in [0.717, 1.165) is 12.1 Å². The first kappa shape index (κ1) is 13.4. The van der Waals surface area contributed by atoms with Crippen molar-refractivity contribution in [3.8, 4) is 5.75 Å². The maximum absolute atomic E-state index is 12.0. The van der Waals surface area contributed by atoms with Crippen molar-refractivity contribution in [3.05, 3.63) is 71.9 Å². The Balaban J connectivity index is 1.80. The molecule has 0 amide bonds. The monoisotopic (exact) mass is 279 g/mol. The number of carbonyl (C=O) groups excluding carboxylic acids is 1. The molecule has 0 unspecified atom stereocenters. The zero-order valence-corrected chi connectivity index (χ0v) is 11.6. The van der Waals surface area contributed by atoms with Gasteiger partial charge < -0.3 is 10.4 Å². The van der Waals surface area contributed by atoms with Crippen molar-refractivity contribution in [1.29, 1.82) is 0 Å². The summed E-state index contributed by atoms with van der Waals surface area (Å²) in [4.78, 5) is 12.0. The van der Waals surface area contributed by atoms with Crippen LogP contribution in [0.1, 0.15) is 24.3 Å². The number of hydrogen-bond acceptors (Lipinski definition) is 3. The molecule has 1 atom stereocenters. The maximum atomic E-state index is 12.0. The number of phenolic OH excluding ortho intramolecular Hbond substituents is 1. The minimum absolute atomic E-state index is 0.119. The van der Waals surface area contributed by atoms with E-state index in [9.17, 15) is 9.90 Å². The summed E-state index contributed by atoms with van der Waals surface area (Å²) in [5.74, 6) is 0.498. The van der Waals surface area contributed by atoms with Crippen LogP contribution >= 0.6 is 0 Å². The lowest BCUT2D eigenvalue weighted by molar-refractivity contribution is -0.115. The predicted octanol–water partition coefficient (Wildman–Crippen LogP) is 3.83. The van der Waals surface area contributed by atoms with Gasteiger partial charge in [0.2, 0.25) is 0 Å². The molecule has 3 heteroatoms. The minimum Gasteiger partial charge on any atom is -0.506 e. The van der Waals surface area contributed by atoms with E-state index in [0.29, 0.717) is 12.1 Å². The van der Waals surface area contributed by atoms with E-state index < -0.39 is 0 Å². The molecule has 3 nitrogen and oxygen atoms in total. The lowest BCUT2D eigenvalue weighted by Gasteiger charge is -2.23. The number of benzene rings is 2. The van der Waals surface area contributed by atoms with Gasteiger partial charge in [0, 0.05) is 18.2 Å². The highest BCUT2D eigenvalue weighted by Crippen LogP contribution is 2.33. The second-order valence-electron chi connectivity index (χ2n) is 5.29. The summed E-state index contributed by atoms with van der Waals surface area (Å²) in [5, 5.41) is 13.0. The standard InChI is InChI=1S/C18H17NO2/c20-16-11-14(13-6-2-1-3-7-13)10-15(12-16)19-17-8-4-5-9-18(17)21/h1-9,12,14,19,21H,10-11H2/t14-/m1/s1. The largest absolute Gasteiger partial charge is 0.506 e. The van der Waals surface area contributed by atoms with Crippen LogP contribution in [0.15, 0.2) is 66.4 Å². The number of para-hydroxylation sites is 2. The molecule has 0 saturated heterocycles. The van der Waals surface area contributed by atoms with Crippen molar-refractivity contribution < 1.29 is 9.90 Å². The zero-order chi connectivity index (χ0) is 14.7. The highest BCUT2D eigenvalue weighted by Gasteiger charge is 2.22. The fourth-order valence-corrected chi connectivity index (χ4v) is 2.69. The number of allylic oxidation sites excluding steroid dienone is 2. The Kier molecular flexibility index (Phi) is 3.73. The third kappa shape index (κ3) is 3.14. The number of carbonyl (C=O) groups is 1. The Morgan fingerprint density at radius 2 is 1.67 bits per heavy atom. The summed E-state index contributed by atoms with van der Waals surface area (Å²) in [5.41, 5.74) is 2.65. The molecule has 0 radical (unpaired) electrons. The first-order valence-corrected chi connectivity index (χ1v) is 7.06. The van der Waals surface area contributed by atoms with Crippen molar-refractivity contribution in [1.82, 2.24) is 0 Å². The van der Waals surface area contributed by atoms with Gasteiger partial charge in [0.25, 0.3) is 0 Å². The van der Waals surface area contributed by atoms with Crippen molar-refractivity contribution in [2.24, 2.45) is 0 Å². The lowest BCUT2D eigenvalue weighted by Crippen LogP contribution is -2.16. The maximum Gasteiger partial charge on any atom is 0.158 e. The average Bonchev–Trinajstić information content (AvgIpc) is 2.50. The topological polar surface area (TPSA) is 49.3 Å². The van der Waals surface area contributed by atoms with Crippen molar-refractivity contribution in [2.75, 3.05) is 5.32 Å². The van der Waals surface area contributed by atoms with Crippen LogP contribution in [0.5, 0.6) is 5.75 Å². The SMILES string of the molecule is O=C1C=C(Nc2ccccc2O)C[C@@H](c2ccccc2)C1. The number of hydrogen-bond donors (Lipinski definition) is 2. The van der Waals surface area contributed by atoms with Crippen LogP contribution in [0.25, 0.3) is 0 Å². The van der Waals surface area contributed by atoms with E-state index in [2.05, 4.69) is 17.4 Å². The third-order valence-electron chi connectivity index (χ3n) is 3.72. The normalized spacial score (nSPS) is 18.2. The summed E-state index contributed by atoms with van der Waals surface area (Å²) in [6, 6.07) is 17.1. The molecule has 0 saturated carbocycles. The van der Waals surface area contributed by atoms with E-state index in [4.69, 9.17) is 0 Å². The molecule has 21 heavy (non-hydrogen) atoms. The molecule has 0 heterocycles. The van der Waals surface area contributed by atoms with Gasteiger partial charge in [-0.05, 0) is 30.0 Å². The lowest BCUT2D eigenvalue weighted by atomic mass is 9.85. The molecule has 0 aliphatic heterocycles. The minimum atomic E-state index is 0.119. The van der Waals surface area contributed by atoms with Crippen molar-refractivity contribution >= 4 is 11.5 Å². The first-order chi connectivity index (χ1) is 10.2. The molecule has 2 N–H and O–H groups in total. The van der Waals surface area contributed by atoms with E-state index in [1.807, 2.05) is 24.3 Å². The second kappa shape index (κ2) is 5.83. The number of anilines is 1. The third-order valence-corrected chi connectivity index (χ3v) is 3.72. The summed E-state index contributed by atoms with van der Waals surface area (Å²) in [6.07, 6.45) is 2.95. The van der Waals surface area contributed by atoms with Crippen LogP contribution < -0.4 is 5.32 Å². The Morgan fingerprint density at radius 1 is 0.952 bits per heavy atom. The van der Waals surface area contributed by atoms with Gasteiger partial charge in [-0.2, -0.15) is 0 Å². The van der Waals surface area contributed by atoms with Gasteiger partial charge in [0.15, 0.2) is 5.78 Å². The van der Waals surface area contributed by atoms with E-state index in [-0.39, 0.29) is 17.5 Å². The fraction of sp³-hybridized carbons (Fsp3) is 0.167. The number of rotatable bonds is 3. The van der Waals surface area contributed by atoms with Crippen molar-refractivity contribution in [2.45, 2.75) is 18.8 Å². The van der Waals surface area contributed by atoms with Crippen LogP contribution in [0.2, 0.25) is 0 Å². The van der Waals surface area contributed by atoms with Crippen LogP contribution in [-0.4, -0.2) is 10.9 Å². The molecule has 0 bridgehead atoms. The van der Waals surface area contributed by atoms with Crippen LogP contribution in [-0.2, 0) is 4.79 Å². The molecular formula is C18H17NO2. The molecule has 2 aromatic rings. The van der Waals surface area contributed by atoms with E-state index >= 15 is 0 Å². The quantitative estimate of drug-likeness (QED) is 0.839. The van der Waals surface area contributed by atoms with E-state index in [1.165, 1.54) is 5.56 Å². The molecule has 1 aliphatic rings. The molecule has 2 aromatic carbocycles. The van der Waals surface area contributed by atoms with Gasteiger partial charge in [-0.25, -0.2) is 0 Å². The zero-order valence-electron chi connectivity index (χ0n) is 11.6. The summed E-state index contributed by atoms with van der Waals surface area (Å²) >= 11 is 0. The average molecular weight is 279 g/mol. The van der Waals surface area contributed by atoms with Crippen molar-refractivity contribution in [3.63, 3.8) is 0 Å². The molecule has 106 valence electrons. The Morgan fingerprint density at radius 3 is 2.43 bits per heavy atom. The summed E-state index contributed by atoms with van der Waals surface area (Å²) < 4.78 is 0. The van der Waals surface area contributed by atoms with Gasteiger partial charge in [-0.3, -0.25) is 4.79 Å². The van der Waals surface area contributed by atoms with Crippen LogP contribution in [0.3, 0.4) is 0 Å². The predicted molar refractivity (Wildman–Crippen MR) is 83.2 cm³/mol. The molecule has 0 spiro atoms. The second-order valence-corrected chi connectivity index (χ2v) is 5.29. The van der Waals surface area contributed by atoms with Gasteiger partial charge in [-0.15, -0.1) is 0 Å². The number of aromatic hydroxyl groups is 1. The number of phenols is 1. The highest BCUT2D eigenvalue weighted by atomic mass is 16.3. The number of nitrogens with one attached hydrogen (secondary N) is 1. The van der Waals surface area contributed by atoms with Crippen LogP contribution in [0, 0.1) is 0 Å². The smallest absolute Gasteiger partial charge is 0.158 e. The summed E-state index contributed by atoms with van der Waals surface area (Å²) in [7, 11) is 0. The Bertz CT molecular complexity index is 677. The molecular weight excluding hydrogens is 262 g/mol. The first-order valence-electron chi connectivity index (χ1n) is 7.06. The number of ketones is 1. The van der Waals surface area contributed by atoms with E-state index in [1.54, 1.807) is 24.3 Å². The molecule has 3 rings (SSSR count). The van der Waals surface area contributed by atoms with Gasteiger partial charge in [0.05, 0.1) is 5.69 Å². The molecule has 0 fully saturated rings. The van der Waals surface area contributed by atoms with Crippen LogP contribution in [0.4, 0.5) is 5.69 Å². The Hall–Kier alpha value is -2.55. The van der Waals surface area contributed by atoms with Gasteiger partial charge >= 0.3 is 0 Å².